The fourth-order valence-electron chi connectivity index (χ4n) is 2.30. The van der Waals surface area contributed by atoms with E-state index in [2.05, 4.69) is 15.1 Å². The smallest absolute Gasteiger partial charge is 0.259 e. The molecule has 1 saturated carbocycles. The molecule has 0 amide bonds. The van der Waals surface area contributed by atoms with E-state index in [0.717, 1.165) is 30.7 Å². The molecule has 0 unspecified atom stereocenters. The topological polar surface area (TPSA) is 77.8 Å². The highest BCUT2D eigenvalue weighted by atomic mass is 16.5. The first kappa shape index (κ1) is 10.4. The summed E-state index contributed by atoms with van der Waals surface area (Å²) in [5.41, 5.74) is 6.87. The van der Waals surface area contributed by atoms with Crippen LogP contribution >= 0.6 is 0 Å². The highest BCUT2D eigenvalue weighted by molar-refractivity contribution is 5.50. The van der Waals surface area contributed by atoms with Crippen LogP contribution in [0.1, 0.15) is 31.0 Å². The number of aromatic nitrogens is 3. The quantitative estimate of drug-likeness (QED) is 0.850. The number of hydrogen-bond donors (Lipinski definition) is 1. The first-order valence-electron chi connectivity index (χ1n) is 5.84. The molecule has 2 N–H and O–H groups in total. The Labute approximate surface area is 99.1 Å². The SMILES string of the molecule is N[C@@H]1CCC[C@@H]1c1noc(-c2cccnc2)n1. The molecule has 0 spiro atoms. The summed E-state index contributed by atoms with van der Waals surface area (Å²) in [6.07, 6.45) is 6.66. The van der Waals surface area contributed by atoms with Crippen molar-refractivity contribution in [2.24, 2.45) is 5.73 Å². The number of rotatable bonds is 2. The molecule has 0 radical (unpaired) electrons. The zero-order chi connectivity index (χ0) is 11.7. The van der Waals surface area contributed by atoms with Gasteiger partial charge in [0.1, 0.15) is 0 Å². The van der Waals surface area contributed by atoms with E-state index < -0.39 is 0 Å². The molecule has 88 valence electrons. The van der Waals surface area contributed by atoms with Crippen molar-refractivity contribution in [3.8, 4) is 11.5 Å². The van der Waals surface area contributed by atoms with Crippen LogP contribution in [-0.4, -0.2) is 21.2 Å². The highest BCUT2D eigenvalue weighted by Crippen LogP contribution is 2.32. The summed E-state index contributed by atoms with van der Waals surface area (Å²) in [6, 6.07) is 3.91. The van der Waals surface area contributed by atoms with Crippen molar-refractivity contribution in [2.75, 3.05) is 0 Å². The van der Waals surface area contributed by atoms with E-state index in [1.807, 2.05) is 12.1 Å². The lowest BCUT2D eigenvalue weighted by Crippen LogP contribution is -2.23. The molecule has 2 aromatic heterocycles. The zero-order valence-corrected chi connectivity index (χ0v) is 9.41. The van der Waals surface area contributed by atoms with Gasteiger partial charge in [-0.3, -0.25) is 4.98 Å². The zero-order valence-electron chi connectivity index (χ0n) is 9.41. The molecule has 1 fully saturated rings. The standard InChI is InChI=1S/C12H14N4O/c13-10-5-1-4-9(10)11-15-12(17-16-11)8-3-2-6-14-7-8/h2-3,6-7,9-10H,1,4-5,13H2/t9-,10+/m0/s1. The van der Waals surface area contributed by atoms with Gasteiger partial charge in [-0.1, -0.05) is 11.6 Å². The highest BCUT2D eigenvalue weighted by Gasteiger charge is 2.29. The number of nitrogens with zero attached hydrogens (tertiary/aromatic N) is 3. The molecule has 1 aliphatic rings. The Kier molecular flexibility index (Phi) is 2.60. The molecule has 5 heteroatoms. The minimum atomic E-state index is 0.161. The Morgan fingerprint density at radius 2 is 2.29 bits per heavy atom. The molecular formula is C12H14N4O. The molecule has 3 rings (SSSR count). The monoisotopic (exact) mass is 230 g/mol. The first-order chi connectivity index (χ1) is 8.34. The summed E-state index contributed by atoms with van der Waals surface area (Å²) in [4.78, 5) is 8.45. The van der Waals surface area contributed by atoms with Gasteiger partial charge >= 0.3 is 0 Å². The molecule has 2 atom stereocenters. The van der Waals surface area contributed by atoms with Crippen LogP contribution in [0.5, 0.6) is 0 Å². The molecule has 0 bridgehead atoms. The Hall–Kier alpha value is -1.75. The summed E-state index contributed by atoms with van der Waals surface area (Å²) in [7, 11) is 0. The third-order valence-electron chi connectivity index (χ3n) is 3.25. The molecular weight excluding hydrogens is 216 g/mol. The Balaban J connectivity index is 1.88. The van der Waals surface area contributed by atoms with Crippen molar-refractivity contribution in [2.45, 2.75) is 31.2 Å². The fourth-order valence-corrected chi connectivity index (χ4v) is 2.30. The number of hydrogen-bond acceptors (Lipinski definition) is 5. The molecule has 2 aromatic rings. The van der Waals surface area contributed by atoms with Gasteiger partial charge in [0.25, 0.3) is 5.89 Å². The van der Waals surface area contributed by atoms with Gasteiger partial charge in [-0.05, 0) is 25.0 Å². The second-order valence-corrected chi connectivity index (χ2v) is 4.40. The van der Waals surface area contributed by atoms with Gasteiger partial charge < -0.3 is 10.3 Å². The summed E-state index contributed by atoms with van der Waals surface area (Å²) in [5.74, 6) is 1.49. The summed E-state index contributed by atoms with van der Waals surface area (Å²) < 4.78 is 5.25. The Bertz CT molecular complexity index is 496. The van der Waals surface area contributed by atoms with E-state index in [0.29, 0.717) is 5.89 Å². The van der Waals surface area contributed by atoms with Crippen LogP contribution in [0.4, 0.5) is 0 Å². The van der Waals surface area contributed by atoms with Gasteiger partial charge in [0.05, 0.1) is 5.56 Å². The van der Waals surface area contributed by atoms with Crippen molar-refractivity contribution in [1.82, 2.24) is 15.1 Å². The van der Waals surface area contributed by atoms with Gasteiger partial charge in [-0.25, -0.2) is 0 Å². The van der Waals surface area contributed by atoms with Crippen molar-refractivity contribution in [3.05, 3.63) is 30.4 Å². The van der Waals surface area contributed by atoms with Crippen LogP contribution in [0.3, 0.4) is 0 Å². The van der Waals surface area contributed by atoms with Crippen LogP contribution < -0.4 is 5.73 Å². The predicted octanol–water partition coefficient (Wildman–Crippen LogP) is 1.73. The number of pyridine rings is 1. The van der Waals surface area contributed by atoms with Crippen molar-refractivity contribution < 1.29 is 4.52 Å². The van der Waals surface area contributed by atoms with E-state index in [4.69, 9.17) is 10.3 Å². The van der Waals surface area contributed by atoms with E-state index in [-0.39, 0.29) is 12.0 Å². The third-order valence-corrected chi connectivity index (χ3v) is 3.25. The van der Waals surface area contributed by atoms with E-state index in [1.165, 1.54) is 0 Å². The van der Waals surface area contributed by atoms with Crippen molar-refractivity contribution in [1.29, 1.82) is 0 Å². The average Bonchev–Trinajstić information content (AvgIpc) is 2.98. The largest absolute Gasteiger partial charge is 0.334 e. The second kappa shape index (κ2) is 4.25. The predicted molar refractivity (Wildman–Crippen MR) is 62.1 cm³/mol. The second-order valence-electron chi connectivity index (χ2n) is 4.40. The van der Waals surface area contributed by atoms with Crippen LogP contribution in [0.15, 0.2) is 29.0 Å². The Morgan fingerprint density at radius 3 is 3.00 bits per heavy atom. The minimum Gasteiger partial charge on any atom is -0.334 e. The van der Waals surface area contributed by atoms with E-state index in [1.54, 1.807) is 12.4 Å². The molecule has 2 heterocycles. The maximum absolute atomic E-state index is 6.02. The Morgan fingerprint density at radius 1 is 1.35 bits per heavy atom. The van der Waals surface area contributed by atoms with Crippen LogP contribution in [0, 0.1) is 0 Å². The van der Waals surface area contributed by atoms with E-state index >= 15 is 0 Å². The molecule has 0 saturated heterocycles. The summed E-state index contributed by atoms with van der Waals surface area (Å²) >= 11 is 0. The molecule has 5 nitrogen and oxygen atoms in total. The van der Waals surface area contributed by atoms with Gasteiger partial charge in [0.2, 0.25) is 0 Å². The van der Waals surface area contributed by atoms with Crippen LogP contribution in [0.2, 0.25) is 0 Å². The molecule has 17 heavy (non-hydrogen) atoms. The molecule has 0 aliphatic heterocycles. The third kappa shape index (κ3) is 1.93. The van der Waals surface area contributed by atoms with Gasteiger partial charge in [0.15, 0.2) is 5.82 Å². The van der Waals surface area contributed by atoms with Gasteiger partial charge in [-0.15, -0.1) is 0 Å². The maximum atomic E-state index is 6.02. The number of nitrogens with two attached hydrogens (primary N) is 1. The van der Waals surface area contributed by atoms with Crippen LogP contribution in [-0.2, 0) is 0 Å². The van der Waals surface area contributed by atoms with Crippen molar-refractivity contribution >= 4 is 0 Å². The van der Waals surface area contributed by atoms with E-state index in [9.17, 15) is 0 Å². The minimum absolute atomic E-state index is 0.161. The van der Waals surface area contributed by atoms with Crippen molar-refractivity contribution in [3.63, 3.8) is 0 Å². The normalized spacial score (nSPS) is 24.1. The average molecular weight is 230 g/mol. The maximum Gasteiger partial charge on any atom is 0.259 e. The summed E-state index contributed by atoms with van der Waals surface area (Å²) in [5, 5.41) is 4.03. The molecule has 0 aromatic carbocycles. The lowest BCUT2D eigenvalue weighted by molar-refractivity contribution is 0.412. The lowest BCUT2D eigenvalue weighted by Gasteiger charge is -2.09. The van der Waals surface area contributed by atoms with Crippen LogP contribution in [0.25, 0.3) is 11.5 Å². The van der Waals surface area contributed by atoms with Gasteiger partial charge in [-0.2, -0.15) is 4.98 Å². The van der Waals surface area contributed by atoms with Gasteiger partial charge in [0, 0.05) is 24.4 Å². The summed E-state index contributed by atoms with van der Waals surface area (Å²) in [6.45, 7) is 0. The lowest BCUT2D eigenvalue weighted by atomic mass is 10.0. The first-order valence-corrected chi connectivity index (χ1v) is 5.84. The fraction of sp³-hybridized carbons (Fsp3) is 0.417. The molecule has 1 aliphatic carbocycles.